The third-order valence-corrected chi connectivity index (χ3v) is 4.28. The van der Waals surface area contributed by atoms with E-state index in [1.54, 1.807) is 19.1 Å². The molecule has 2 N–H and O–H groups in total. The van der Waals surface area contributed by atoms with E-state index in [2.05, 4.69) is 9.93 Å². The van der Waals surface area contributed by atoms with Gasteiger partial charge >= 0.3 is 0 Å². The van der Waals surface area contributed by atoms with Gasteiger partial charge in [-0.1, -0.05) is 11.6 Å². The van der Waals surface area contributed by atoms with Crippen molar-refractivity contribution in [1.29, 1.82) is 0 Å². The van der Waals surface area contributed by atoms with E-state index in [4.69, 9.17) is 16.3 Å². The lowest BCUT2D eigenvalue weighted by molar-refractivity contribution is 0.318. The van der Waals surface area contributed by atoms with Gasteiger partial charge in [0.1, 0.15) is 0 Å². The quantitative estimate of drug-likeness (QED) is 0.616. The van der Waals surface area contributed by atoms with Crippen LogP contribution in [0.25, 0.3) is 0 Å². The molecule has 0 saturated carbocycles. The van der Waals surface area contributed by atoms with E-state index >= 15 is 0 Å². The van der Waals surface area contributed by atoms with Gasteiger partial charge in [0, 0.05) is 5.02 Å². The molecule has 8 heteroatoms. The average Bonchev–Trinajstić information content (AvgIpc) is 2.51. The molecule has 0 aliphatic carbocycles. The number of nitrogens with zero attached hydrogens (tertiary/aromatic N) is 1. The monoisotopic (exact) mass is 354 g/mol. The van der Waals surface area contributed by atoms with Gasteiger partial charge in [0.05, 0.1) is 17.7 Å². The molecular formula is C15H15ClN2O4S. The molecule has 0 aliphatic rings. The lowest BCUT2D eigenvalue weighted by Crippen LogP contribution is -2.18. The fraction of sp³-hybridized carbons (Fsp3) is 0.133. The summed E-state index contributed by atoms with van der Waals surface area (Å²) >= 11 is 5.72. The van der Waals surface area contributed by atoms with Gasteiger partial charge in [-0.15, -0.1) is 0 Å². The van der Waals surface area contributed by atoms with E-state index in [1.165, 1.54) is 36.5 Å². The maximum absolute atomic E-state index is 12.0. The number of halogens is 1. The van der Waals surface area contributed by atoms with Crippen molar-refractivity contribution in [1.82, 2.24) is 4.83 Å². The summed E-state index contributed by atoms with van der Waals surface area (Å²) in [6.45, 7) is 2.19. The molecule has 6 nitrogen and oxygen atoms in total. The third-order valence-electron chi connectivity index (χ3n) is 2.79. The van der Waals surface area contributed by atoms with E-state index in [0.29, 0.717) is 22.9 Å². The fourth-order valence-electron chi connectivity index (χ4n) is 1.72. The summed E-state index contributed by atoms with van der Waals surface area (Å²) in [7, 11) is -3.76. The zero-order chi connectivity index (χ0) is 16.9. The van der Waals surface area contributed by atoms with Gasteiger partial charge in [-0.05, 0) is 55.0 Å². The maximum atomic E-state index is 12.0. The standard InChI is InChI=1S/C15H15ClN2O4S/c1-2-22-15-9-11(3-8-14(15)19)10-17-18-23(20,21)13-6-4-12(16)5-7-13/h3-10,18-19H,2H2,1H3/b17-10+. The zero-order valence-corrected chi connectivity index (χ0v) is 13.8. The molecule has 0 bridgehead atoms. The summed E-state index contributed by atoms with van der Waals surface area (Å²) in [5.41, 5.74) is 0.574. The van der Waals surface area contributed by atoms with Gasteiger partial charge in [-0.2, -0.15) is 13.5 Å². The van der Waals surface area contributed by atoms with Gasteiger partial charge < -0.3 is 9.84 Å². The molecule has 2 rings (SSSR count). The van der Waals surface area contributed by atoms with E-state index in [1.807, 2.05) is 0 Å². The van der Waals surface area contributed by atoms with Crippen LogP contribution in [0.15, 0.2) is 52.5 Å². The Morgan fingerprint density at radius 3 is 2.61 bits per heavy atom. The summed E-state index contributed by atoms with van der Waals surface area (Å²) in [6.07, 6.45) is 1.31. The first kappa shape index (κ1) is 17.1. The SMILES string of the molecule is CCOc1cc(/C=N/NS(=O)(=O)c2ccc(Cl)cc2)ccc1O. The number of aromatic hydroxyl groups is 1. The minimum atomic E-state index is -3.76. The second kappa shape index (κ2) is 7.34. The molecule has 0 radical (unpaired) electrons. The summed E-state index contributed by atoms with van der Waals surface area (Å²) in [5.74, 6) is 0.308. The predicted octanol–water partition coefficient (Wildman–Crippen LogP) is 2.76. The van der Waals surface area contributed by atoms with Gasteiger partial charge in [-0.25, -0.2) is 4.83 Å². The van der Waals surface area contributed by atoms with Crippen LogP contribution in [0.4, 0.5) is 0 Å². The molecule has 0 aromatic heterocycles. The van der Waals surface area contributed by atoms with E-state index in [0.717, 1.165) is 0 Å². The maximum Gasteiger partial charge on any atom is 0.276 e. The highest BCUT2D eigenvalue weighted by molar-refractivity contribution is 7.89. The molecule has 122 valence electrons. The Balaban J connectivity index is 2.12. The minimum Gasteiger partial charge on any atom is -0.504 e. The van der Waals surface area contributed by atoms with Crippen LogP contribution >= 0.6 is 11.6 Å². The van der Waals surface area contributed by atoms with Crippen molar-refractivity contribution in [2.75, 3.05) is 6.61 Å². The van der Waals surface area contributed by atoms with E-state index in [9.17, 15) is 13.5 Å². The summed E-state index contributed by atoms with van der Waals surface area (Å²) in [5, 5.41) is 13.8. The third kappa shape index (κ3) is 4.61. The number of ether oxygens (including phenoxy) is 1. The Morgan fingerprint density at radius 1 is 1.26 bits per heavy atom. The Morgan fingerprint density at radius 2 is 1.96 bits per heavy atom. The van der Waals surface area contributed by atoms with Crippen molar-refractivity contribution < 1.29 is 18.3 Å². The topological polar surface area (TPSA) is 88.0 Å². The molecule has 0 aliphatic heterocycles. The summed E-state index contributed by atoms with van der Waals surface area (Å²) < 4.78 is 29.3. The van der Waals surface area contributed by atoms with Crippen molar-refractivity contribution in [3.05, 3.63) is 53.1 Å². The second-order valence-corrected chi connectivity index (χ2v) is 6.56. The zero-order valence-electron chi connectivity index (χ0n) is 12.2. The normalized spacial score (nSPS) is 11.6. The van der Waals surface area contributed by atoms with Crippen LogP contribution in [0.1, 0.15) is 12.5 Å². The Labute approximate surface area is 139 Å². The number of hydrogen-bond donors (Lipinski definition) is 2. The predicted molar refractivity (Wildman–Crippen MR) is 88.6 cm³/mol. The van der Waals surface area contributed by atoms with Crippen LogP contribution in [-0.2, 0) is 10.0 Å². The van der Waals surface area contributed by atoms with Crippen molar-refractivity contribution >= 4 is 27.8 Å². The Bertz CT molecular complexity index is 805. The van der Waals surface area contributed by atoms with Crippen LogP contribution in [-0.4, -0.2) is 26.3 Å². The minimum absolute atomic E-state index is 0.00532. The first-order valence-corrected chi connectivity index (χ1v) is 8.55. The van der Waals surface area contributed by atoms with Crippen molar-refractivity contribution in [2.45, 2.75) is 11.8 Å². The van der Waals surface area contributed by atoms with Gasteiger partial charge in [-0.3, -0.25) is 0 Å². The first-order valence-electron chi connectivity index (χ1n) is 6.68. The highest BCUT2D eigenvalue weighted by Crippen LogP contribution is 2.26. The number of hydrogen-bond acceptors (Lipinski definition) is 5. The highest BCUT2D eigenvalue weighted by Gasteiger charge is 2.12. The van der Waals surface area contributed by atoms with E-state index in [-0.39, 0.29) is 10.6 Å². The summed E-state index contributed by atoms with van der Waals surface area (Å²) in [6, 6.07) is 10.3. The van der Waals surface area contributed by atoms with Crippen LogP contribution in [0, 0.1) is 0 Å². The Hall–Kier alpha value is -2.25. The van der Waals surface area contributed by atoms with Crippen molar-refractivity contribution in [2.24, 2.45) is 5.10 Å². The molecule has 0 heterocycles. The Kier molecular flexibility index (Phi) is 5.46. The van der Waals surface area contributed by atoms with Crippen LogP contribution in [0.3, 0.4) is 0 Å². The number of hydrazone groups is 1. The number of benzene rings is 2. The largest absolute Gasteiger partial charge is 0.504 e. The summed E-state index contributed by atoms with van der Waals surface area (Å²) in [4.78, 5) is 2.16. The number of phenolic OH excluding ortho intramolecular Hbond substituents is 1. The van der Waals surface area contributed by atoms with Crippen molar-refractivity contribution in [3.8, 4) is 11.5 Å². The van der Waals surface area contributed by atoms with Crippen LogP contribution < -0.4 is 9.57 Å². The molecular weight excluding hydrogens is 340 g/mol. The lowest BCUT2D eigenvalue weighted by atomic mass is 10.2. The molecule has 23 heavy (non-hydrogen) atoms. The molecule has 0 amide bonds. The second-order valence-electron chi connectivity index (χ2n) is 4.47. The number of nitrogens with one attached hydrogen (secondary N) is 1. The molecule has 0 unspecified atom stereocenters. The number of sulfonamides is 1. The molecule has 0 atom stereocenters. The van der Waals surface area contributed by atoms with Gasteiger partial charge in [0.2, 0.25) is 0 Å². The molecule has 2 aromatic carbocycles. The highest BCUT2D eigenvalue weighted by atomic mass is 35.5. The lowest BCUT2D eigenvalue weighted by Gasteiger charge is -2.06. The van der Waals surface area contributed by atoms with E-state index < -0.39 is 10.0 Å². The molecule has 2 aromatic rings. The average molecular weight is 355 g/mol. The molecule has 0 fully saturated rings. The first-order chi connectivity index (χ1) is 10.9. The van der Waals surface area contributed by atoms with Crippen molar-refractivity contribution in [3.63, 3.8) is 0 Å². The fourth-order valence-corrected chi connectivity index (χ4v) is 2.64. The molecule has 0 spiro atoms. The van der Waals surface area contributed by atoms with Crippen LogP contribution in [0.5, 0.6) is 11.5 Å². The number of rotatable bonds is 6. The van der Waals surface area contributed by atoms with Gasteiger partial charge in [0.25, 0.3) is 10.0 Å². The van der Waals surface area contributed by atoms with Gasteiger partial charge in [0.15, 0.2) is 11.5 Å². The van der Waals surface area contributed by atoms with Crippen LogP contribution in [0.2, 0.25) is 5.02 Å². The number of phenols is 1. The smallest absolute Gasteiger partial charge is 0.276 e. The molecule has 0 saturated heterocycles.